The van der Waals surface area contributed by atoms with E-state index in [1.54, 1.807) is 18.2 Å². The zero-order valence-corrected chi connectivity index (χ0v) is 11.1. The molecule has 2 aromatic carbocycles. The fraction of sp³-hybridized carbons (Fsp3) is 0. The average Bonchev–Trinajstić information content (AvgIpc) is 2.33. The van der Waals surface area contributed by atoms with Crippen LogP contribution in [0.25, 0.3) is 11.1 Å². The van der Waals surface area contributed by atoms with Crippen LogP contribution < -0.4 is 0 Å². The minimum atomic E-state index is -0.475. The molecule has 18 heavy (non-hydrogen) atoms. The van der Waals surface area contributed by atoms with Crippen LogP contribution in [-0.4, -0.2) is 4.92 Å². The molecule has 0 atom stereocenters. The molecule has 6 heteroatoms. The summed E-state index contributed by atoms with van der Waals surface area (Å²) in [6.07, 6.45) is 0. The number of benzene rings is 2. The predicted molar refractivity (Wildman–Crippen MR) is 73.6 cm³/mol. The van der Waals surface area contributed by atoms with Crippen molar-refractivity contribution in [2.45, 2.75) is 0 Å². The van der Waals surface area contributed by atoms with E-state index in [0.29, 0.717) is 26.2 Å². The Balaban J connectivity index is 2.58. The van der Waals surface area contributed by atoms with Gasteiger partial charge in [-0.05, 0) is 23.8 Å². The van der Waals surface area contributed by atoms with Crippen LogP contribution in [0, 0.1) is 10.1 Å². The lowest BCUT2D eigenvalue weighted by molar-refractivity contribution is -0.384. The van der Waals surface area contributed by atoms with Gasteiger partial charge in [0.2, 0.25) is 0 Å². The molecule has 0 saturated heterocycles. The number of non-ortho nitro benzene ring substituents is 1. The Morgan fingerprint density at radius 1 is 0.889 bits per heavy atom. The minimum absolute atomic E-state index is 0.0273. The number of hydrogen-bond acceptors (Lipinski definition) is 2. The molecule has 0 saturated carbocycles. The van der Waals surface area contributed by atoms with E-state index >= 15 is 0 Å². The molecule has 3 nitrogen and oxygen atoms in total. The summed E-state index contributed by atoms with van der Waals surface area (Å²) in [5, 5.41) is 11.9. The zero-order valence-electron chi connectivity index (χ0n) is 8.86. The van der Waals surface area contributed by atoms with Gasteiger partial charge in [0.05, 0.1) is 15.0 Å². The van der Waals surface area contributed by atoms with Crippen molar-refractivity contribution in [3.8, 4) is 11.1 Å². The third-order valence-corrected chi connectivity index (χ3v) is 3.46. The van der Waals surface area contributed by atoms with E-state index in [1.165, 1.54) is 18.2 Å². The quantitative estimate of drug-likeness (QED) is 0.563. The number of halogens is 3. The first kappa shape index (κ1) is 13.1. The largest absolute Gasteiger partial charge is 0.270 e. The van der Waals surface area contributed by atoms with Gasteiger partial charge in [0.1, 0.15) is 0 Å². The van der Waals surface area contributed by atoms with Gasteiger partial charge < -0.3 is 0 Å². The fourth-order valence-corrected chi connectivity index (χ4v) is 2.04. The maximum atomic E-state index is 10.7. The second kappa shape index (κ2) is 5.14. The molecule has 0 fully saturated rings. The third kappa shape index (κ3) is 2.58. The molecule has 0 aromatic heterocycles. The normalized spacial score (nSPS) is 10.4. The number of nitro groups is 1. The maximum Gasteiger partial charge on any atom is 0.270 e. The smallest absolute Gasteiger partial charge is 0.258 e. The van der Waals surface area contributed by atoms with Crippen molar-refractivity contribution in [1.29, 1.82) is 0 Å². The Bertz CT molecular complexity index is 629. The molecule has 0 bridgehead atoms. The van der Waals surface area contributed by atoms with Crippen LogP contribution >= 0.6 is 34.8 Å². The summed E-state index contributed by atoms with van der Waals surface area (Å²) in [5.74, 6) is 0. The van der Waals surface area contributed by atoms with Crippen molar-refractivity contribution in [2.24, 2.45) is 0 Å². The SMILES string of the molecule is O=[N+]([O-])c1ccc(Cl)c(-c2ccc(Cl)c(Cl)c2)c1. The van der Waals surface area contributed by atoms with Gasteiger partial charge in [0, 0.05) is 22.7 Å². The first-order chi connectivity index (χ1) is 8.49. The highest BCUT2D eigenvalue weighted by Gasteiger charge is 2.12. The fourth-order valence-electron chi connectivity index (χ4n) is 1.51. The highest BCUT2D eigenvalue weighted by atomic mass is 35.5. The molecule has 0 spiro atoms. The van der Waals surface area contributed by atoms with Crippen LogP contribution in [-0.2, 0) is 0 Å². The van der Waals surface area contributed by atoms with Gasteiger partial charge in [0.25, 0.3) is 5.69 Å². The summed E-state index contributed by atoms with van der Waals surface area (Å²) in [5.41, 5.74) is 1.20. The van der Waals surface area contributed by atoms with E-state index < -0.39 is 4.92 Å². The van der Waals surface area contributed by atoms with Crippen molar-refractivity contribution < 1.29 is 4.92 Å². The molecule has 0 aliphatic carbocycles. The van der Waals surface area contributed by atoms with E-state index in [-0.39, 0.29) is 5.69 Å². The third-order valence-electron chi connectivity index (χ3n) is 2.39. The molecule has 0 unspecified atom stereocenters. The van der Waals surface area contributed by atoms with Crippen molar-refractivity contribution in [2.75, 3.05) is 0 Å². The monoisotopic (exact) mass is 301 g/mol. The average molecular weight is 303 g/mol. The predicted octanol–water partition coefficient (Wildman–Crippen LogP) is 5.22. The lowest BCUT2D eigenvalue weighted by Gasteiger charge is -2.06. The summed E-state index contributed by atoms with van der Waals surface area (Å²) in [7, 11) is 0. The lowest BCUT2D eigenvalue weighted by atomic mass is 10.1. The van der Waals surface area contributed by atoms with Gasteiger partial charge in [-0.1, -0.05) is 40.9 Å². The molecule has 0 radical (unpaired) electrons. The van der Waals surface area contributed by atoms with E-state index in [9.17, 15) is 10.1 Å². The molecule has 0 aliphatic heterocycles. The first-order valence-corrected chi connectivity index (χ1v) is 6.02. The topological polar surface area (TPSA) is 43.1 Å². The van der Waals surface area contributed by atoms with Gasteiger partial charge in [-0.2, -0.15) is 0 Å². The van der Waals surface area contributed by atoms with E-state index in [2.05, 4.69) is 0 Å². The lowest BCUT2D eigenvalue weighted by Crippen LogP contribution is -1.89. The molecular formula is C12H6Cl3NO2. The van der Waals surface area contributed by atoms with E-state index in [0.717, 1.165) is 0 Å². The van der Waals surface area contributed by atoms with Crippen LogP contribution in [0.15, 0.2) is 36.4 Å². The van der Waals surface area contributed by atoms with Crippen LogP contribution in [0.2, 0.25) is 15.1 Å². The maximum absolute atomic E-state index is 10.7. The summed E-state index contributed by atoms with van der Waals surface area (Å²) < 4.78 is 0. The van der Waals surface area contributed by atoms with Crippen molar-refractivity contribution in [1.82, 2.24) is 0 Å². The summed E-state index contributed by atoms with van der Waals surface area (Å²) >= 11 is 17.8. The summed E-state index contributed by atoms with van der Waals surface area (Å²) in [6, 6.07) is 9.19. The van der Waals surface area contributed by atoms with Crippen molar-refractivity contribution in [3.05, 3.63) is 61.6 Å². The van der Waals surface area contributed by atoms with Crippen LogP contribution in [0.5, 0.6) is 0 Å². The Hall–Kier alpha value is -1.29. The number of hydrogen-bond donors (Lipinski definition) is 0. The molecule has 92 valence electrons. The van der Waals surface area contributed by atoms with Crippen molar-refractivity contribution in [3.63, 3.8) is 0 Å². The van der Waals surface area contributed by atoms with Crippen LogP contribution in [0.3, 0.4) is 0 Å². The zero-order chi connectivity index (χ0) is 13.3. The number of nitrogens with zero attached hydrogens (tertiary/aromatic N) is 1. The first-order valence-electron chi connectivity index (χ1n) is 4.88. The Morgan fingerprint density at radius 3 is 2.17 bits per heavy atom. The summed E-state index contributed by atoms with van der Waals surface area (Å²) in [4.78, 5) is 10.3. The molecular weight excluding hydrogens is 296 g/mol. The number of nitro benzene ring substituents is 1. The molecule has 0 N–H and O–H groups in total. The van der Waals surface area contributed by atoms with E-state index in [1.807, 2.05) is 0 Å². The molecule has 0 aliphatic rings. The molecule has 2 aromatic rings. The second-order valence-electron chi connectivity index (χ2n) is 3.55. The Morgan fingerprint density at radius 2 is 1.56 bits per heavy atom. The standard InChI is InChI=1S/C12H6Cl3NO2/c13-10-4-2-8(16(17)18)6-9(10)7-1-3-11(14)12(15)5-7/h1-6H. The van der Waals surface area contributed by atoms with Gasteiger partial charge in [-0.3, -0.25) is 10.1 Å². The molecule has 0 amide bonds. The molecule has 2 rings (SSSR count). The summed E-state index contributed by atoms with van der Waals surface area (Å²) in [6.45, 7) is 0. The highest BCUT2D eigenvalue weighted by Crippen LogP contribution is 2.34. The van der Waals surface area contributed by atoms with Gasteiger partial charge in [-0.15, -0.1) is 0 Å². The second-order valence-corrected chi connectivity index (χ2v) is 4.77. The van der Waals surface area contributed by atoms with E-state index in [4.69, 9.17) is 34.8 Å². The highest BCUT2D eigenvalue weighted by molar-refractivity contribution is 6.42. The van der Waals surface area contributed by atoms with Gasteiger partial charge >= 0.3 is 0 Å². The van der Waals surface area contributed by atoms with Crippen LogP contribution in [0.1, 0.15) is 0 Å². The Labute approximate surface area is 118 Å². The van der Waals surface area contributed by atoms with Gasteiger partial charge in [-0.25, -0.2) is 0 Å². The van der Waals surface area contributed by atoms with Crippen molar-refractivity contribution >= 4 is 40.5 Å². The van der Waals surface area contributed by atoms with Gasteiger partial charge in [0.15, 0.2) is 0 Å². The minimum Gasteiger partial charge on any atom is -0.258 e. The van der Waals surface area contributed by atoms with Crippen LogP contribution in [0.4, 0.5) is 5.69 Å². The Kier molecular flexibility index (Phi) is 3.76. The molecule has 0 heterocycles. The number of rotatable bonds is 2.